The maximum atomic E-state index is 13.5. The fourth-order valence-electron chi connectivity index (χ4n) is 9.47. The molecule has 81 heavy (non-hydrogen) atoms. The molecule has 20 atom stereocenters. The molecule has 4 fully saturated rings. The highest BCUT2D eigenvalue weighted by atomic mass is 16.8. The quantitative estimate of drug-likeness (QED) is 0.0390. The summed E-state index contributed by atoms with van der Waals surface area (Å²) in [6.07, 6.45) is -40.7. The van der Waals surface area contributed by atoms with Gasteiger partial charge >= 0.3 is 18.0 Å². The number of nitrogens with zero attached hydrogens (tertiary/aromatic N) is 1. The number of aliphatic carboxylic acids is 2. The van der Waals surface area contributed by atoms with Crippen LogP contribution >= 0.6 is 0 Å². The van der Waals surface area contributed by atoms with Crippen LogP contribution < -0.4 is 0 Å². The van der Waals surface area contributed by atoms with Gasteiger partial charge in [0.25, 0.3) is 0 Å². The van der Waals surface area contributed by atoms with Crippen molar-refractivity contribution in [3.8, 4) is 0 Å². The van der Waals surface area contributed by atoms with Crippen molar-refractivity contribution in [2.24, 2.45) is 0 Å². The van der Waals surface area contributed by atoms with E-state index >= 15 is 0 Å². The topological polar surface area (TPSA) is 379 Å². The van der Waals surface area contributed by atoms with Gasteiger partial charge in [0.15, 0.2) is 37.4 Å². The number of carbonyl (C=O) groups is 3. The Morgan fingerprint density at radius 1 is 0.420 bits per heavy atom. The van der Waals surface area contributed by atoms with Gasteiger partial charge in [-0.25, -0.2) is 14.4 Å². The lowest BCUT2D eigenvalue weighted by atomic mass is 9.95. The van der Waals surface area contributed by atoms with Crippen molar-refractivity contribution in [1.29, 1.82) is 0 Å². The van der Waals surface area contributed by atoms with Crippen LogP contribution in [0.5, 0.6) is 0 Å². The van der Waals surface area contributed by atoms with E-state index < -0.39 is 147 Å². The van der Waals surface area contributed by atoms with Crippen LogP contribution in [0.2, 0.25) is 0 Å². The van der Waals surface area contributed by atoms with Gasteiger partial charge in [-0.3, -0.25) is 0 Å². The highest BCUT2D eigenvalue weighted by Crippen LogP contribution is 2.35. The van der Waals surface area contributed by atoms with E-state index in [4.69, 9.17) is 52.1 Å². The van der Waals surface area contributed by atoms with Crippen LogP contribution in [0.4, 0.5) is 4.79 Å². The molecule has 4 aliphatic heterocycles. The number of ether oxygens (including phenoxy) is 11. The fourth-order valence-corrected chi connectivity index (χ4v) is 9.47. The summed E-state index contributed by atoms with van der Waals surface area (Å²) in [4.78, 5) is 39.4. The Kier molecular flexibility index (Phi) is 22.0. The van der Waals surface area contributed by atoms with Crippen molar-refractivity contribution >= 4 is 18.0 Å². The Morgan fingerprint density at radius 3 is 1.31 bits per heavy atom. The molecule has 4 aromatic carbocycles. The first-order valence-electron chi connectivity index (χ1n) is 26.0. The second-order valence-electron chi connectivity index (χ2n) is 19.6. The Balaban J connectivity index is 0.983. The summed E-state index contributed by atoms with van der Waals surface area (Å²) < 4.78 is 64.1. The number of hydrogen-bond acceptors (Lipinski definition) is 23. The van der Waals surface area contributed by atoms with Crippen molar-refractivity contribution in [1.82, 2.24) is 4.90 Å². The van der Waals surface area contributed by atoms with Gasteiger partial charge in [0.05, 0.1) is 33.0 Å². The van der Waals surface area contributed by atoms with Gasteiger partial charge in [-0.05, 0) is 22.3 Å². The summed E-state index contributed by atoms with van der Waals surface area (Å²) in [5, 5.41) is 121. The van der Waals surface area contributed by atoms with E-state index in [2.05, 4.69) is 0 Å². The number of benzene rings is 4. The van der Waals surface area contributed by atoms with E-state index in [1.165, 1.54) is 4.90 Å². The molecule has 8 rings (SSSR count). The molecule has 26 nitrogen and oxygen atoms in total. The number of carbonyl (C=O) groups excluding carboxylic acids is 1. The number of amides is 1. The van der Waals surface area contributed by atoms with Crippen LogP contribution in [-0.2, 0) is 88.1 Å². The molecule has 0 aromatic heterocycles. The van der Waals surface area contributed by atoms with Crippen LogP contribution in [0.15, 0.2) is 121 Å². The summed E-state index contributed by atoms with van der Waals surface area (Å²) in [7, 11) is 0. The van der Waals surface area contributed by atoms with Gasteiger partial charge in [0.2, 0.25) is 0 Å². The second kappa shape index (κ2) is 29.0. The van der Waals surface area contributed by atoms with E-state index in [0.29, 0.717) is 5.56 Å². The molecule has 4 heterocycles. The monoisotopic (exact) mass is 1140 g/mol. The summed E-state index contributed by atoms with van der Waals surface area (Å²) in [5.41, 5.74) is 2.92. The predicted molar refractivity (Wildman–Crippen MR) is 270 cm³/mol. The number of carboxylic acid groups (broad SMARTS) is 2. The minimum atomic E-state index is -2.28. The van der Waals surface area contributed by atoms with Crippen LogP contribution in [0, 0.1) is 0 Å². The van der Waals surface area contributed by atoms with Crippen molar-refractivity contribution in [2.75, 3.05) is 26.4 Å². The summed E-state index contributed by atoms with van der Waals surface area (Å²) in [6, 6.07) is 35.6. The highest BCUT2D eigenvalue weighted by molar-refractivity contribution is 5.74. The Morgan fingerprint density at radius 2 is 0.815 bits per heavy atom. The Bertz CT molecular complexity index is 2560. The molecule has 0 unspecified atom stereocenters. The van der Waals surface area contributed by atoms with Gasteiger partial charge in [0.1, 0.15) is 92.1 Å². The number of aliphatic hydroxyl groups excluding tert-OH is 9. The average molecular weight is 1140 g/mol. The van der Waals surface area contributed by atoms with E-state index in [1.807, 2.05) is 24.3 Å². The largest absolute Gasteiger partial charge is 0.479 e. The van der Waals surface area contributed by atoms with Crippen molar-refractivity contribution in [3.05, 3.63) is 144 Å². The first-order valence-corrected chi connectivity index (χ1v) is 26.0. The fraction of sp³-hybridized carbons (Fsp3) is 0.509. The summed E-state index contributed by atoms with van der Waals surface area (Å²) in [6.45, 7) is -1.23. The average Bonchev–Trinajstić information content (AvgIpc) is 3.47. The molecule has 0 saturated carbocycles. The Labute approximate surface area is 463 Å². The third-order valence-corrected chi connectivity index (χ3v) is 13.9. The first kappa shape index (κ1) is 61.4. The lowest BCUT2D eigenvalue weighted by Crippen LogP contribution is -2.68. The zero-order chi connectivity index (χ0) is 57.7. The number of aliphatic hydroxyl groups is 9. The molecule has 0 radical (unpaired) electrons. The first-order chi connectivity index (χ1) is 39.0. The van der Waals surface area contributed by atoms with Gasteiger partial charge in [0, 0.05) is 13.1 Å². The smallest absolute Gasteiger partial charge is 0.410 e. The second-order valence-corrected chi connectivity index (χ2v) is 19.6. The molecule has 0 bridgehead atoms. The third kappa shape index (κ3) is 15.7. The predicted octanol–water partition coefficient (Wildman–Crippen LogP) is -1.25. The summed E-state index contributed by atoms with van der Waals surface area (Å²) >= 11 is 0. The summed E-state index contributed by atoms with van der Waals surface area (Å²) in [5.74, 6) is -3.54. The molecular weight excluding hydrogens is 1070 g/mol. The van der Waals surface area contributed by atoms with Crippen LogP contribution in [0.3, 0.4) is 0 Å². The lowest BCUT2D eigenvalue weighted by molar-refractivity contribution is -0.386. The molecule has 442 valence electrons. The van der Waals surface area contributed by atoms with Gasteiger partial charge < -0.3 is 113 Å². The lowest BCUT2D eigenvalue weighted by Gasteiger charge is -2.49. The van der Waals surface area contributed by atoms with Crippen molar-refractivity contribution in [3.63, 3.8) is 0 Å². The molecule has 1 amide bonds. The zero-order valence-electron chi connectivity index (χ0n) is 43.3. The Hall–Kier alpha value is -5.67. The van der Waals surface area contributed by atoms with Crippen LogP contribution in [-0.4, -0.2) is 228 Å². The van der Waals surface area contributed by atoms with Gasteiger partial charge in [-0.1, -0.05) is 121 Å². The number of hydrogen-bond donors (Lipinski definition) is 11. The molecule has 4 aliphatic rings. The maximum Gasteiger partial charge on any atom is 0.410 e. The molecule has 11 N–H and O–H groups in total. The number of carboxylic acids is 2. The van der Waals surface area contributed by atoms with Crippen LogP contribution in [0.1, 0.15) is 22.3 Å². The van der Waals surface area contributed by atoms with Gasteiger partial charge in [-0.2, -0.15) is 0 Å². The molecular formula is C55H67NO25. The third-order valence-electron chi connectivity index (χ3n) is 13.9. The highest BCUT2D eigenvalue weighted by Gasteiger charge is 2.57. The van der Waals surface area contributed by atoms with Crippen LogP contribution in [0.25, 0.3) is 0 Å². The minimum absolute atomic E-state index is 0.00479. The van der Waals surface area contributed by atoms with E-state index in [9.17, 15) is 70.6 Å². The zero-order valence-corrected chi connectivity index (χ0v) is 43.3. The van der Waals surface area contributed by atoms with Crippen molar-refractivity contribution in [2.45, 2.75) is 149 Å². The number of rotatable bonds is 24. The van der Waals surface area contributed by atoms with E-state index in [1.54, 1.807) is 97.1 Å². The van der Waals surface area contributed by atoms with E-state index in [-0.39, 0.29) is 46.1 Å². The molecule has 4 aromatic rings. The normalized spacial score (nSPS) is 34.2. The standard InChI is InChI=1S/C55H67NO25/c57-35-36(58)47(49(66)67)80-53(39(35)61)77-45-34(28-72-25-31-17-9-3-10-18-31)76-52(41(63)38(45)60)79-46-42(64)48(50(68)69)81-54(43(46)65)78-44-33(27-71-24-30-15-7-2-8-16-30)75-51(40(62)37(44)59)73-22-21-56(23-29-13-5-1-6-14-29)55(70)74-26-32-19-11-4-12-20-32/h1-20,33-48,51-54,57-65H,21-28H2,(H,66,67)(H,68,69)/t33-,34+,35+,36-,37-,38+,39-,40+,41-,42-,43+,44+,45+,46-,47-,48-,51+,52-,53+,54+/m0/s1. The van der Waals surface area contributed by atoms with E-state index in [0.717, 1.165) is 16.7 Å². The van der Waals surface area contributed by atoms with Crippen molar-refractivity contribution < 1.29 is 123 Å². The van der Waals surface area contributed by atoms with Gasteiger partial charge in [-0.15, -0.1) is 0 Å². The molecule has 0 aliphatic carbocycles. The molecule has 4 saturated heterocycles. The maximum absolute atomic E-state index is 13.5. The molecule has 0 spiro atoms. The minimum Gasteiger partial charge on any atom is -0.479 e. The SMILES string of the molecule is O=C(O)[C@H]1O[C@@H](O[C@H]2[C@H](O)[C@H](O)[C@H](O[C@@H]3[C@@H](O)[C@H](O[C@H]4[C@@H](O)[C@@H](O)[C@H](OCCN(Cc5ccccc5)C(=O)OCc5ccccc5)O[C@H]4COCc4ccccc4)O[C@H](C(=O)O)[C@H]3O)O[C@@H]2COCc2ccccc2)[C@@H](O)[C@H](O)[C@@H]1O. The molecule has 26 heteroatoms.